The van der Waals surface area contributed by atoms with E-state index in [-0.39, 0.29) is 0 Å². The average molecular weight is 220 g/mol. The molecule has 0 aromatic heterocycles. The molecule has 1 atom stereocenters. The lowest BCUT2D eigenvalue weighted by Gasteiger charge is -2.14. The van der Waals surface area contributed by atoms with E-state index in [0.717, 1.165) is 19.6 Å². The predicted molar refractivity (Wildman–Crippen MR) is 70.6 cm³/mol. The second-order valence-electron chi connectivity index (χ2n) is 4.48. The zero-order valence-corrected chi connectivity index (χ0v) is 10.7. The number of hydrogen-bond donors (Lipinski definition) is 2. The van der Waals surface area contributed by atoms with Gasteiger partial charge in [-0.2, -0.15) is 0 Å². The quantitative estimate of drug-likeness (QED) is 0.690. The highest BCUT2D eigenvalue weighted by atomic mass is 15.0. The Kier molecular flexibility index (Phi) is 6.12. The molecule has 0 fully saturated rings. The minimum Gasteiger partial charge on any atom is -0.315 e. The van der Waals surface area contributed by atoms with E-state index in [1.165, 1.54) is 17.5 Å². The van der Waals surface area contributed by atoms with Crippen molar-refractivity contribution in [2.75, 3.05) is 13.1 Å². The zero-order chi connectivity index (χ0) is 11.8. The molecule has 0 aliphatic heterocycles. The summed E-state index contributed by atoms with van der Waals surface area (Å²) in [5.74, 6) is 0. The van der Waals surface area contributed by atoms with Crippen LogP contribution in [0.5, 0.6) is 0 Å². The van der Waals surface area contributed by atoms with Gasteiger partial charge in [0.05, 0.1) is 0 Å². The molecule has 2 N–H and O–H groups in total. The number of aryl methyl sites for hydroxylation is 1. The molecule has 2 nitrogen and oxygen atoms in total. The molecule has 0 bridgehead atoms. The first-order chi connectivity index (χ1) is 7.72. The van der Waals surface area contributed by atoms with Crippen LogP contribution in [0, 0.1) is 6.92 Å². The molecular formula is C14H24N2. The number of benzene rings is 1. The summed E-state index contributed by atoms with van der Waals surface area (Å²) in [6, 6.07) is 9.18. The Morgan fingerprint density at radius 3 is 2.81 bits per heavy atom. The van der Waals surface area contributed by atoms with Gasteiger partial charge in [-0.3, -0.25) is 0 Å². The van der Waals surface area contributed by atoms with E-state index >= 15 is 0 Å². The van der Waals surface area contributed by atoms with Crippen LogP contribution in [0.4, 0.5) is 0 Å². The Balaban J connectivity index is 2.23. The van der Waals surface area contributed by atoms with Gasteiger partial charge in [0.25, 0.3) is 0 Å². The van der Waals surface area contributed by atoms with Gasteiger partial charge < -0.3 is 10.6 Å². The molecule has 0 radical (unpaired) electrons. The van der Waals surface area contributed by atoms with Crippen LogP contribution in [0.3, 0.4) is 0 Å². The van der Waals surface area contributed by atoms with E-state index in [0.29, 0.717) is 6.04 Å². The third kappa shape index (κ3) is 5.29. The van der Waals surface area contributed by atoms with Crippen LogP contribution in [0.25, 0.3) is 0 Å². The highest BCUT2D eigenvalue weighted by molar-refractivity contribution is 5.21. The number of nitrogens with one attached hydrogen (secondary N) is 2. The predicted octanol–water partition coefficient (Wildman–Crippen LogP) is 2.47. The van der Waals surface area contributed by atoms with Crippen molar-refractivity contribution in [3.05, 3.63) is 35.4 Å². The van der Waals surface area contributed by atoms with Crippen molar-refractivity contribution in [2.45, 2.75) is 39.8 Å². The first-order valence-electron chi connectivity index (χ1n) is 6.22. The molecule has 16 heavy (non-hydrogen) atoms. The Hall–Kier alpha value is -0.860. The van der Waals surface area contributed by atoms with Gasteiger partial charge in [0.2, 0.25) is 0 Å². The highest BCUT2D eigenvalue weighted by Crippen LogP contribution is 2.03. The molecule has 1 unspecified atom stereocenters. The minimum absolute atomic E-state index is 0.520. The van der Waals surface area contributed by atoms with Gasteiger partial charge in [-0.25, -0.2) is 0 Å². The van der Waals surface area contributed by atoms with E-state index in [4.69, 9.17) is 0 Å². The maximum Gasteiger partial charge on any atom is 0.0208 e. The SMILES string of the molecule is CCCNCC(C)NCc1cccc(C)c1. The van der Waals surface area contributed by atoms with Crippen molar-refractivity contribution < 1.29 is 0 Å². The average Bonchev–Trinajstić information content (AvgIpc) is 2.27. The Bertz CT molecular complexity index is 297. The maximum atomic E-state index is 3.52. The van der Waals surface area contributed by atoms with Crippen LogP contribution in [-0.4, -0.2) is 19.1 Å². The van der Waals surface area contributed by atoms with Crippen molar-refractivity contribution in [3.8, 4) is 0 Å². The molecule has 1 aromatic rings. The van der Waals surface area contributed by atoms with Gasteiger partial charge in [-0.05, 0) is 32.4 Å². The fraction of sp³-hybridized carbons (Fsp3) is 0.571. The van der Waals surface area contributed by atoms with Gasteiger partial charge in [0.1, 0.15) is 0 Å². The first-order valence-corrected chi connectivity index (χ1v) is 6.22. The summed E-state index contributed by atoms with van der Waals surface area (Å²) in [5, 5.41) is 6.94. The Morgan fingerprint density at radius 1 is 1.31 bits per heavy atom. The van der Waals surface area contributed by atoms with E-state index in [1.54, 1.807) is 0 Å². The summed E-state index contributed by atoms with van der Waals surface area (Å²) in [6.45, 7) is 9.65. The van der Waals surface area contributed by atoms with Gasteiger partial charge in [-0.15, -0.1) is 0 Å². The number of hydrogen-bond acceptors (Lipinski definition) is 2. The fourth-order valence-electron chi connectivity index (χ4n) is 1.68. The van der Waals surface area contributed by atoms with Gasteiger partial charge in [0, 0.05) is 19.1 Å². The van der Waals surface area contributed by atoms with Gasteiger partial charge >= 0.3 is 0 Å². The van der Waals surface area contributed by atoms with Crippen LogP contribution in [0.15, 0.2) is 24.3 Å². The molecule has 1 aromatic carbocycles. The van der Waals surface area contributed by atoms with Gasteiger partial charge in [0.15, 0.2) is 0 Å². The van der Waals surface area contributed by atoms with Crippen LogP contribution >= 0.6 is 0 Å². The largest absolute Gasteiger partial charge is 0.315 e. The van der Waals surface area contributed by atoms with Gasteiger partial charge in [-0.1, -0.05) is 36.8 Å². The smallest absolute Gasteiger partial charge is 0.0208 e. The van der Waals surface area contributed by atoms with Crippen molar-refractivity contribution in [3.63, 3.8) is 0 Å². The molecule has 2 heteroatoms. The fourth-order valence-corrected chi connectivity index (χ4v) is 1.68. The summed E-state index contributed by atoms with van der Waals surface area (Å²) in [6.07, 6.45) is 1.20. The lowest BCUT2D eigenvalue weighted by molar-refractivity contribution is 0.501. The summed E-state index contributed by atoms with van der Waals surface area (Å²) in [4.78, 5) is 0. The van der Waals surface area contributed by atoms with Crippen LogP contribution in [0.1, 0.15) is 31.4 Å². The normalized spacial score (nSPS) is 12.7. The summed E-state index contributed by atoms with van der Waals surface area (Å²) in [5.41, 5.74) is 2.69. The van der Waals surface area contributed by atoms with Crippen molar-refractivity contribution >= 4 is 0 Å². The second-order valence-corrected chi connectivity index (χ2v) is 4.48. The van der Waals surface area contributed by atoms with E-state index in [2.05, 4.69) is 55.7 Å². The molecular weight excluding hydrogens is 196 g/mol. The zero-order valence-electron chi connectivity index (χ0n) is 10.7. The van der Waals surface area contributed by atoms with Crippen LogP contribution in [-0.2, 0) is 6.54 Å². The molecule has 0 saturated heterocycles. The second kappa shape index (κ2) is 7.42. The third-order valence-corrected chi connectivity index (χ3v) is 2.61. The molecule has 0 saturated carbocycles. The standard InChI is InChI=1S/C14H24N2/c1-4-8-15-10-13(3)16-11-14-7-5-6-12(2)9-14/h5-7,9,13,15-16H,4,8,10-11H2,1-3H3. The van der Waals surface area contributed by atoms with E-state index < -0.39 is 0 Å². The first kappa shape index (κ1) is 13.2. The Morgan fingerprint density at radius 2 is 2.12 bits per heavy atom. The lowest BCUT2D eigenvalue weighted by atomic mass is 10.1. The molecule has 0 spiro atoms. The maximum absolute atomic E-state index is 3.52. The lowest BCUT2D eigenvalue weighted by Crippen LogP contribution is -2.36. The molecule has 90 valence electrons. The molecule has 1 rings (SSSR count). The molecule has 0 aliphatic carbocycles. The van der Waals surface area contributed by atoms with Crippen LogP contribution < -0.4 is 10.6 Å². The number of rotatable bonds is 7. The van der Waals surface area contributed by atoms with Crippen LogP contribution in [0.2, 0.25) is 0 Å². The minimum atomic E-state index is 0.520. The summed E-state index contributed by atoms with van der Waals surface area (Å²) in [7, 11) is 0. The van der Waals surface area contributed by atoms with E-state index in [1.807, 2.05) is 0 Å². The third-order valence-electron chi connectivity index (χ3n) is 2.61. The Labute approximate surface area is 99.5 Å². The van der Waals surface area contributed by atoms with Crippen molar-refractivity contribution in [2.24, 2.45) is 0 Å². The topological polar surface area (TPSA) is 24.1 Å². The highest BCUT2D eigenvalue weighted by Gasteiger charge is 2.00. The van der Waals surface area contributed by atoms with E-state index in [9.17, 15) is 0 Å². The molecule has 0 amide bonds. The molecule has 0 heterocycles. The van der Waals surface area contributed by atoms with Crippen molar-refractivity contribution in [1.29, 1.82) is 0 Å². The van der Waals surface area contributed by atoms with Crippen molar-refractivity contribution in [1.82, 2.24) is 10.6 Å². The summed E-state index contributed by atoms with van der Waals surface area (Å²) < 4.78 is 0. The monoisotopic (exact) mass is 220 g/mol. The molecule has 0 aliphatic rings. The summed E-state index contributed by atoms with van der Waals surface area (Å²) >= 11 is 0.